The number of phenols is 1. The number of nitrogens with zero attached hydrogens (tertiary/aromatic N) is 2. The highest BCUT2D eigenvalue weighted by molar-refractivity contribution is 7.10. The van der Waals surface area contributed by atoms with Crippen molar-refractivity contribution in [2.45, 2.75) is 19.0 Å². The van der Waals surface area contributed by atoms with Crippen LogP contribution < -0.4 is 4.74 Å². The van der Waals surface area contributed by atoms with Crippen molar-refractivity contribution < 1.29 is 14.6 Å². The van der Waals surface area contributed by atoms with Crippen LogP contribution in [0.1, 0.15) is 20.8 Å². The second-order valence-corrected chi connectivity index (χ2v) is 6.39. The number of rotatable bonds is 1. The molecule has 1 aromatic carbocycles. The van der Waals surface area contributed by atoms with Gasteiger partial charge in [0.05, 0.1) is 30.9 Å². The minimum Gasteiger partial charge on any atom is -0.504 e. The van der Waals surface area contributed by atoms with Gasteiger partial charge in [0.15, 0.2) is 11.5 Å². The average Bonchev–Trinajstić information content (AvgIpc) is 2.93. The standard InChI is InChI=1S/C16H14N2O3S/c1-21-14-5-11-12(6-13(14)19)17-7-10-4-9-2-3-22-15(9)8-18(10)16(11)20/h2-3,5-7,10,19H,4,8H2,1H3/t10-/m0/s1. The first kappa shape index (κ1) is 13.3. The second kappa shape index (κ2) is 4.84. The molecule has 1 amide bonds. The summed E-state index contributed by atoms with van der Waals surface area (Å²) >= 11 is 1.68. The Morgan fingerprint density at radius 3 is 3.14 bits per heavy atom. The van der Waals surface area contributed by atoms with Crippen LogP contribution in [0, 0.1) is 0 Å². The first-order valence-corrected chi connectivity index (χ1v) is 7.86. The van der Waals surface area contributed by atoms with E-state index in [9.17, 15) is 9.90 Å². The summed E-state index contributed by atoms with van der Waals surface area (Å²) < 4.78 is 5.11. The molecule has 0 fully saturated rings. The lowest BCUT2D eigenvalue weighted by Crippen LogP contribution is -2.43. The van der Waals surface area contributed by atoms with Crippen molar-refractivity contribution in [3.05, 3.63) is 39.6 Å². The summed E-state index contributed by atoms with van der Waals surface area (Å²) in [6, 6.07) is 5.12. The number of methoxy groups -OCH3 is 1. The summed E-state index contributed by atoms with van der Waals surface area (Å²) in [7, 11) is 1.47. The average molecular weight is 314 g/mol. The van der Waals surface area contributed by atoms with E-state index in [2.05, 4.69) is 16.4 Å². The van der Waals surface area contributed by atoms with Crippen molar-refractivity contribution in [3.63, 3.8) is 0 Å². The van der Waals surface area contributed by atoms with Gasteiger partial charge in [0.1, 0.15) is 0 Å². The lowest BCUT2D eigenvalue weighted by atomic mass is 10.0. The molecule has 0 saturated heterocycles. The molecule has 1 atom stereocenters. The topological polar surface area (TPSA) is 62.1 Å². The molecule has 3 heterocycles. The van der Waals surface area contributed by atoms with Crippen LogP contribution in [0.15, 0.2) is 28.6 Å². The largest absolute Gasteiger partial charge is 0.504 e. The first-order valence-electron chi connectivity index (χ1n) is 6.99. The third-order valence-corrected chi connectivity index (χ3v) is 5.10. The van der Waals surface area contributed by atoms with Gasteiger partial charge in [-0.3, -0.25) is 9.79 Å². The van der Waals surface area contributed by atoms with Crippen LogP contribution in [0.3, 0.4) is 0 Å². The van der Waals surface area contributed by atoms with Gasteiger partial charge < -0.3 is 14.7 Å². The fourth-order valence-corrected chi connectivity index (χ4v) is 3.88. The number of aromatic hydroxyl groups is 1. The summed E-state index contributed by atoms with van der Waals surface area (Å²) in [5.74, 6) is 0.203. The number of benzene rings is 1. The molecule has 1 N–H and O–H groups in total. The number of hydrogen-bond donors (Lipinski definition) is 1. The van der Waals surface area contributed by atoms with Crippen molar-refractivity contribution in [1.29, 1.82) is 0 Å². The second-order valence-electron chi connectivity index (χ2n) is 5.39. The number of carbonyl (C=O) groups excluding carboxylic acids is 1. The van der Waals surface area contributed by atoms with Gasteiger partial charge in [0.2, 0.25) is 0 Å². The van der Waals surface area contributed by atoms with Crippen LogP contribution in [0.5, 0.6) is 11.5 Å². The minimum atomic E-state index is -0.0742. The van der Waals surface area contributed by atoms with Gasteiger partial charge in [-0.25, -0.2) is 0 Å². The van der Waals surface area contributed by atoms with Crippen LogP contribution in [-0.2, 0) is 13.0 Å². The Hall–Kier alpha value is -2.34. The Kier molecular flexibility index (Phi) is 2.94. The maximum absolute atomic E-state index is 12.9. The van der Waals surface area contributed by atoms with Crippen molar-refractivity contribution in [2.24, 2.45) is 4.99 Å². The van der Waals surface area contributed by atoms with Gasteiger partial charge in [-0.15, -0.1) is 11.3 Å². The molecule has 2 aliphatic heterocycles. The zero-order chi connectivity index (χ0) is 15.3. The normalized spacial score (nSPS) is 19.2. The third kappa shape index (κ3) is 1.91. The highest BCUT2D eigenvalue weighted by Gasteiger charge is 2.33. The monoisotopic (exact) mass is 314 g/mol. The number of amides is 1. The summed E-state index contributed by atoms with van der Waals surface area (Å²) in [5, 5.41) is 12.0. The first-order chi connectivity index (χ1) is 10.7. The molecule has 0 unspecified atom stereocenters. The lowest BCUT2D eigenvalue weighted by Gasteiger charge is -2.32. The zero-order valence-electron chi connectivity index (χ0n) is 11.9. The zero-order valence-corrected chi connectivity index (χ0v) is 12.8. The maximum atomic E-state index is 12.9. The summed E-state index contributed by atoms with van der Waals surface area (Å²) in [5.41, 5.74) is 2.24. The molecule has 2 aliphatic rings. The summed E-state index contributed by atoms with van der Waals surface area (Å²) in [6.45, 7) is 0.602. The number of aliphatic imine (C=N–C) groups is 1. The molecule has 1 aromatic heterocycles. The molecule has 0 saturated carbocycles. The Labute approximate surface area is 131 Å². The fraction of sp³-hybridized carbons (Fsp3) is 0.250. The molecule has 6 heteroatoms. The number of hydrogen-bond acceptors (Lipinski definition) is 5. The van der Waals surface area contributed by atoms with Crippen LogP contribution in [0.25, 0.3) is 0 Å². The number of thiophene rings is 1. The van der Waals surface area contributed by atoms with Crippen LogP contribution in [0.4, 0.5) is 5.69 Å². The van der Waals surface area contributed by atoms with Crippen molar-refractivity contribution in [2.75, 3.05) is 7.11 Å². The smallest absolute Gasteiger partial charge is 0.257 e. The van der Waals surface area contributed by atoms with E-state index in [0.29, 0.717) is 17.8 Å². The van der Waals surface area contributed by atoms with Gasteiger partial charge in [0.25, 0.3) is 5.91 Å². The molecule has 0 aliphatic carbocycles. The van der Waals surface area contributed by atoms with Crippen molar-refractivity contribution in [3.8, 4) is 11.5 Å². The van der Waals surface area contributed by atoms with Gasteiger partial charge >= 0.3 is 0 Å². The Balaban J connectivity index is 1.81. The van der Waals surface area contributed by atoms with Gasteiger partial charge in [-0.05, 0) is 29.5 Å². The molecule has 0 radical (unpaired) electrons. The van der Waals surface area contributed by atoms with E-state index in [1.165, 1.54) is 23.6 Å². The Bertz CT molecular complexity index is 797. The molecule has 0 bridgehead atoms. The minimum absolute atomic E-state index is 0.00909. The van der Waals surface area contributed by atoms with Gasteiger partial charge in [-0.2, -0.15) is 0 Å². The van der Waals surface area contributed by atoms with E-state index in [-0.39, 0.29) is 23.4 Å². The predicted octanol–water partition coefficient (Wildman–Crippen LogP) is 2.75. The number of carbonyl (C=O) groups is 1. The molecule has 5 nitrogen and oxygen atoms in total. The van der Waals surface area contributed by atoms with E-state index in [4.69, 9.17) is 4.74 Å². The highest BCUT2D eigenvalue weighted by Crippen LogP contribution is 2.38. The summed E-state index contributed by atoms with van der Waals surface area (Å²) in [6.07, 6.45) is 2.58. The fourth-order valence-electron chi connectivity index (χ4n) is 2.97. The van der Waals surface area contributed by atoms with E-state index in [1.54, 1.807) is 23.6 Å². The molecular formula is C16H14N2O3S. The third-order valence-electron chi connectivity index (χ3n) is 4.16. The van der Waals surface area contributed by atoms with Gasteiger partial charge in [-0.1, -0.05) is 0 Å². The molecule has 4 rings (SSSR count). The SMILES string of the molecule is COc1cc2c(cc1O)N=C[C@@H]1Cc3ccsc3CN1C2=O. The quantitative estimate of drug-likeness (QED) is 0.880. The van der Waals surface area contributed by atoms with E-state index in [0.717, 1.165) is 6.42 Å². The molecule has 2 aromatic rings. The van der Waals surface area contributed by atoms with Crippen LogP contribution in [0.2, 0.25) is 0 Å². The number of ether oxygens (including phenoxy) is 1. The Morgan fingerprint density at radius 2 is 2.32 bits per heavy atom. The van der Waals surface area contributed by atoms with Crippen LogP contribution >= 0.6 is 11.3 Å². The summed E-state index contributed by atoms with van der Waals surface area (Å²) in [4.78, 5) is 20.4. The maximum Gasteiger partial charge on any atom is 0.257 e. The van der Waals surface area contributed by atoms with E-state index >= 15 is 0 Å². The van der Waals surface area contributed by atoms with Gasteiger partial charge in [0, 0.05) is 17.2 Å². The van der Waals surface area contributed by atoms with E-state index < -0.39 is 0 Å². The number of phenolic OH excluding ortho intramolecular Hbond substituents is 1. The van der Waals surface area contributed by atoms with Crippen LogP contribution in [-0.4, -0.2) is 35.3 Å². The molecular weight excluding hydrogens is 300 g/mol. The predicted molar refractivity (Wildman–Crippen MR) is 84.5 cm³/mol. The molecule has 22 heavy (non-hydrogen) atoms. The van der Waals surface area contributed by atoms with E-state index in [1.807, 2.05) is 4.90 Å². The number of fused-ring (bicyclic) bond motifs is 3. The van der Waals surface area contributed by atoms with Crippen molar-refractivity contribution >= 4 is 29.1 Å². The highest BCUT2D eigenvalue weighted by atomic mass is 32.1. The Morgan fingerprint density at radius 1 is 1.45 bits per heavy atom. The van der Waals surface area contributed by atoms with Crippen molar-refractivity contribution in [1.82, 2.24) is 4.90 Å². The molecule has 0 spiro atoms. The molecule has 112 valence electrons. The lowest BCUT2D eigenvalue weighted by molar-refractivity contribution is 0.0706.